The number of hydrogen-bond donors (Lipinski definition) is 2. The third-order valence-corrected chi connectivity index (χ3v) is 3.86. The smallest absolute Gasteiger partial charge is 0.129 e. The van der Waals surface area contributed by atoms with Crippen LogP contribution in [-0.4, -0.2) is 24.4 Å². The second-order valence-corrected chi connectivity index (χ2v) is 5.24. The van der Waals surface area contributed by atoms with Crippen LogP contribution in [0.15, 0.2) is 16.5 Å². The van der Waals surface area contributed by atoms with Crippen molar-refractivity contribution in [2.24, 2.45) is 5.41 Å². The van der Waals surface area contributed by atoms with Crippen LogP contribution in [0, 0.1) is 5.41 Å². The number of ether oxygens (including phenoxy) is 1. The van der Waals surface area contributed by atoms with E-state index in [2.05, 4.69) is 19.2 Å². The first-order valence-corrected chi connectivity index (χ1v) is 6.02. The predicted octanol–water partition coefficient (Wildman–Crippen LogP) is 1.67. The lowest BCUT2D eigenvalue weighted by Gasteiger charge is -2.51. The van der Waals surface area contributed by atoms with Crippen LogP contribution in [0.4, 0.5) is 0 Å². The van der Waals surface area contributed by atoms with Crippen molar-refractivity contribution in [2.45, 2.75) is 45.6 Å². The van der Waals surface area contributed by atoms with E-state index < -0.39 is 0 Å². The van der Waals surface area contributed by atoms with Gasteiger partial charge >= 0.3 is 0 Å². The van der Waals surface area contributed by atoms with Gasteiger partial charge in [-0.3, -0.25) is 0 Å². The summed E-state index contributed by atoms with van der Waals surface area (Å²) in [4.78, 5) is 0. The quantitative estimate of drug-likeness (QED) is 0.820. The predicted molar refractivity (Wildman–Crippen MR) is 64.5 cm³/mol. The van der Waals surface area contributed by atoms with Crippen LogP contribution in [0.3, 0.4) is 0 Å². The Morgan fingerprint density at radius 2 is 2.18 bits per heavy atom. The summed E-state index contributed by atoms with van der Waals surface area (Å²) in [6.45, 7) is 5.08. The largest absolute Gasteiger partial charge is 0.462 e. The maximum Gasteiger partial charge on any atom is 0.129 e. The molecule has 1 aromatic heterocycles. The Balaban J connectivity index is 1.83. The number of aliphatic hydroxyl groups excluding tert-OH is 1. The van der Waals surface area contributed by atoms with Crippen LogP contribution in [-0.2, 0) is 17.9 Å². The van der Waals surface area contributed by atoms with Gasteiger partial charge in [0.15, 0.2) is 0 Å². The third kappa shape index (κ3) is 2.39. The first-order valence-electron chi connectivity index (χ1n) is 6.02. The van der Waals surface area contributed by atoms with Crippen LogP contribution in [0.1, 0.15) is 31.8 Å². The molecule has 0 amide bonds. The third-order valence-electron chi connectivity index (χ3n) is 3.86. The Bertz CT molecular complexity index is 372. The molecule has 1 aliphatic rings. The van der Waals surface area contributed by atoms with Gasteiger partial charge in [0.1, 0.15) is 18.1 Å². The molecule has 2 atom stereocenters. The summed E-state index contributed by atoms with van der Waals surface area (Å²) in [6.07, 6.45) is 1.38. The molecule has 1 saturated carbocycles. The summed E-state index contributed by atoms with van der Waals surface area (Å²) in [5.41, 5.74) is 0.168. The first-order chi connectivity index (χ1) is 8.07. The molecule has 2 unspecified atom stereocenters. The van der Waals surface area contributed by atoms with E-state index in [0.29, 0.717) is 24.5 Å². The number of furan rings is 1. The highest BCUT2D eigenvalue weighted by Crippen LogP contribution is 2.42. The van der Waals surface area contributed by atoms with Gasteiger partial charge in [0.25, 0.3) is 0 Å². The van der Waals surface area contributed by atoms with Gasteiger partial charge in [-0.25, -0.2) is 0 Å². The highest BCUT2D eigenvalue weighted by atomic mass is 16.5. The topological polar surface area (TPSA) is 54.6 Å². The number of aliphatic hydroxyl groups is 1. The normalized spacial score (nSPS) is 26.8. The molecule has 1 aliphatic carbocycles. The molecule has 0 bridgehead atoms. The van der Waals surface area contributed by atoms with Gasteiger partial charge < -0.3 is 19.6 Å². The van der Waals surface area contributed by atoms with Crippen LogP contribution < -0.4 is 5.32 Å². The fourth-order valence-corrected chi connectivity index (χ4v) is 2.46. The van der Waals surface area contributed by atoms with Crippen molar-refractivity contribution in [1.82, 2.24) is 5.32 Å². The van der Waals surface area contributed by atoms with E-state index in [4.69, 9.17) is 14.3 Å². The minimum atomic E-state index is -0.0410. The van der Waals surface area contributed by atoms with Gasteiger partial charge in [0, 0.05) is 18.6 Å². The Morgan fingerprint density at radius 1 is 1.47 bits per heavy atom. The lowest BCUT2D eigenvalue weighted by molar-refractivity contribution is -0.0982. The van der Waals surface area contributed by atoms with Gasteiger partial charge in [-0.1, -0.05) is 13.8 Å². The Morgan fingerprint density at radius 3 is 2.71 bits per heavy atom. The lowest BCUT2D eigenvalue weighted by Crippen LogP contribution is -2.60. The Hall–Kier alpha value is -0.840. The summed E-state index contributed by atoms with van der Waals surface area (Å²) in [6, 6.07) is 4.16. The van der Waals surface area contributed by atoms with Crippen molar-refractivity contribution in [3.63, 3.8) is 0 Å². The van der Waals surface area contributed by atoms with Crippen LogP contribution in [0.25, 0.3) is 0 Å². The standard InChI is InChI=1S/C13H21NO3/c1-13(2)11(6-12(13)16-3)14-7-9-4-5-10(8-15)17-9/h4-5,11-12,14-15H,6-8H2,1-3H3. The molecule has 1 heterocycles. The van der Waals surface area contributed by atoms with Crippen LogP contribution in [0.5, 0.6) is 0 Å². The maximum atomic E-state index is 8.90. The highest BCUT2D eigenvalue weighted by molar-refractivity contribution is 5.08. The molecule has 96 valence electrons. The number of hydrogen-bond acceptors (Lipinski definition) is 4. The van der Waals surface area contributed by atoms with E-state index in [-0.39, 0.29) is 12.0 Å². The molecule has 1 fully saturated rings. The zero-order chi connectivity index (χ0) is 12.5. The highest BCUT2D eigenvalue weighted by Gasteiger charge is 2.48. The van der Waals surface area contributed by atoms with Crippen molar-refractivity contribution < 1.29 is 14.3 Å². The van der Waals surface area contributed by atoms with E-state index in [1.807, 2.05) is 6.07 Å². The van der Waals surface area contributed by atoms with Crippen molar-refractivity contribution in [1.29, 1.82) is 0 Å². The molecule has 0 spiro atoms. The zero-order valence-electron chi connectivity index (χ0n) is 10.7. The molecule has 0 saturated heterocycles. The monoisotopic (exact) mass is 239 g/mol. The fourth-order valence-electron chi connectivity index (χ4n) is 2.46. The summed E-state index contributed by atoms with van der Waals surface area (Å²) < 4.78 is 10.8. The molecule has 4 heteroatoms. The van der Waals surface area contributed by atoms with Crippen molar-refractivity contribution >= 4 is 0 Å². The second kappa shape index (κ2) is 4.80. The average Bonchev–Trinajstić information content (AvgIpc) is 2.76. The minimum Gasteiger partial charge on any atom is -0.462 e. The average molecular weight is 239 g/mol. The SMILES string of the molecule is COC1CC(NCc2ccc(CO)o2)C1(C)C. The summed E-state index contributed by atoms with van der Waals surface area (Å²) in [5, 5.41) is 12.4. The zero-order valence-corrected chi connectivity index (χ0v) is 10.7. The maximum absolute atomic E-state index is 8.90. The van der Waals surface area contributed by atoms with Crippen LogP contribution in [0.2, 0.25) is 0 Å². The Kier molecular flexibility index (Phi) is 3.56. The van der Waals surface area contributed by atoms with Gasteiger partial charge in [0.05, 0.1) is 12.6 Å². The minimum absolute atomic E-state index is 0.0410. The summed E-state index contributed by atoms with van der Waals surface area (Å²) >= 11 is 0. The molecule has 2 N–H and O–H groups in total. The van der Waals surface area contributed by atoms with Gasteiger partial charge in [-0.2, -0.15) is 0 Å². The van der Waals surface area contributed by atoms with Gasteiger partial charge in [0.2, 0.25) is 0 Å². The Labute approximate surface area is 102 Å². The molecule has 2 rings (SSSR count). The molecule has 17 heavy (non-hydrogen) atoms. The second-order valence-electron chi connectivity index (χ2n) is 5.24. The van der Waals surface area contributed by atoms with E-state index in [0.717, 1.165) is 12.2 Å². The molecule has 1 aromatic rings. The molecule has 0 aliphatic heterocycles. The fraction of sp³-hybridized carbons (Fsp3) is 0.692. The molecule has 0 radical (unpaired) electrons. The van der Waals surface area contributed by atoms with E-state index >= 15 is 0 Å². The van der Waals surface area contributed by atoms with Crippen LogP contribution >= 0.6 is 0 Å². The van der Waals surface area contributed by atoms with E-state index in [1.54, 1.807) is 13.2 Å². The number of nitrogens with one attached hydrogen (secondary N) is 1. The molecular weight excluding hydrogens is 218 g/mol. The number of methoxy groups -OCH3 is 1. The summed E-state index contributed by atoms with van der Waals surface area (Å²) in [5.74, 6) is 1.48. The lowest BCUT2D eigenvalue weighted by atomic mass is 9.64. The van der Waals surface area contributed by atoms with Crippen molar-refractivity contribution in [3.8, 4) is 0 Å². The molecule has 4 nitrogen and oxygen atoms in total. The first kappa shape index (κ1) is 12.6. The molecular formula is C13H21NO3. The van der Waals surface area contributed by atoms with Gasteiger partial charge in [-0.15, -0.1) is 0 Å². The van der Waals surface area contributed by atoms with Crippen molar-refractivity contribution in [2.75, 3.05) is 7.11 Å². The molecule has 0 aromatic carbocycles. The summed E-state index contributed by atoms with van der Waals surface area (Å²) in [7, 11) is 1.77. The van der Waals surface area contributed by atoms with Gasteiger partial charge in [-0.05, 0) is 18.6 Å². The van der Waals surface area contributed by atoms with Crippen molar-refractivity contribution in [3.05, 3.63) is 23.7 Å². The van der Waals surface area contributed by atoms with E-state index in [9.17, 15) is 0 Å². The number of rotatable bonds is 5. The van der Waals surface area contributed by atoms with E-state index in [1.165, 1.54) is 0 Å².